The molecule has 8 heteroatoms. The minimum absolute atomic E-state index is 0.0352. The Bertz CT molecular complexity index is 695. The fourth-order valence-corrected chi connectivity index (χ4v) is 4.59. The third-order valence-corrected chi connectivity index (χ3v) is 6.73. The number of sulfonamides is 1. The summed E-state index contributed by atoms with van der Waals surface area (Å²) >= 11 is 3.13. The van der Waals surface area contributed by atoms with E-state index in [-0.39, 0.29) is 10.5 Å². The van der Waals surface area contributed by atoms with Crippen LogP contribution in [0.15, 0.2) is 27.6 Å². The Balaban J connectivity index is 1.81. The second-order valence-corrected chi connectivity index (χ2v) is 8.41. The van der Waals surface area contributed by atoms with Crippen LogP contribution in [0.1, 0.15) is 23.2 Å². The number of carbonyl (C=O) groups is 1. The summed E-state index contributed by atoms with van der Waals surface area (Å²) in [6.45, 7) is 2.40. The Morgan fingerprint density at radius 2 is 1.82 bits per heavy atom. The van der Waals surface area contributed by atoms with Crippen molar-refractivity contribution < 1.29 is 18.3 Å². The first-order valence-corrected chi connectivity index (χ1v) is 9.40. The highest BCUT2D eigenvalue weighted by Crippen LogP contribution is 2.29. The molecule has 3 rings (SSSR count). The molecule has 1 aromatic carbocycles. The average molecular weight is 389 g/mol. The standard InChI is InChI=1S/C14H17BrN2O4S/c15-13-4-3-11(9-12(13)14(18)19)22(20,21)17-7-5-16(6-8-17)10-1-2-10/h3-4,9-10H,1-2,5-8H2,(H,18,19). The number of hydrogen-bond acceptors (Lipinski definition) is 4. The van der Waals surface area contributed by atoms with Crippen LogP contribution in [0.25, 0.3) is 0 Å². The van der Waals surface area contributed by atoms with Crippen LogP contribution >= 0.6 is 15.9 Å². The van der Waals surface area contributed by atoms with E-state index in [1.807, 2.05) is 0 Å². The Kier molecular flexibility index (Phi) is 4.28. The zero-order chi connectivity index (χ0) is 15.9. The summed E-state index contributed by atoms with van der Waals surface area (Å²) in [7, 11) is -3.64. The summed E-state index contributed by atoms with van der Waals surface area (Å²) < 4.78 is 27.1. The maximum atomic E-state index is 12.7. The van der Waals surface area contributed by atoms with E-state index in [1.54, 1.807) is 0 Å². The van der Waals surface area contributed by atoms with Gasteiger partial charge in [0.2, 0.25) is 10.0 Å². The maximum Gasteiger partial charge on any atom is 0.336 e. The molecule has 1 aliphatic carbocycles. The van der Waals surface area contributed by atoms with Crippen LogP contribution in [0.2, 0.25) is 0 Å². The number of benzene rings is 1. The van der Waals surface area contributed by atoms with Gasteiger partial charge in [0.25, 0.3) is 0 Å². The highest BCUT2D eigenvalue weighted by molar-refractivity contribution is 9.10. The van der Waals surface area contributed by atoms with Crippen molar-refractivity contribution in [3.8, 4) is 0 Å². The molecule has 1 N–H and O–H groups in total. The van der Waals surface area contributed by atoms with Crippen molar-refractivity contribution in [1.82, 2.24) is 9.21 Å². The van der Waals surface area contributed by atoms with Gasteiger partial charge >= 0.3 is 5.97 Å². The zero-order valence-corrected chi connectivity index (χ0v) is 14.3. The molecular formula is C14H17BrN2O4S. The van der Waals surface area contributed by atoms with Gasteiger partial charge in [-0.3, -0.25) is 4.90 Å². The van der Waals surface area contributed by atoms with Gasteiger partial charge in [0, 0.05) is 36.7 Å². The third kappa shape index (κ3) is 3.05. The van der Waals surface area contributed by atoms with Gasteiger partial charge in [0.05, 0.1) is 10.5 Å². The predicted molar refractivity (Wildman–Crippen MR) is 84.5 cm³/mol. The van der Waals surface area contributed by atoms with Gasteiger partial charge in [-0.25, -0.2) is 13.2 Å². The quantitative estimate of drug-likeness (QED) is 0.847. The van der Waals surface area contributed by atoms with E-state index in [4.69, 9.17) is 5.11 Å². The van der Waals surface area contributed by atoms with Crippen LogP contribution in [0.3, 0.4) is 0 Å². The zero-order valence-electron chi connectivity index (χ0n) is 11.9. The summed E-state index contributed by atoms with van der Waals surface area (Å²) in [5.74, 6) is -1.15. The molecule has 1 heterocycles. The van der Waals surface area contributed by atoms with Crippen molar-refractivity contribution in [2.75, 3.05) is 26.2 Å². The SMILES string of the molecule is O=C(O)c1cc(S(=O)(=O)N2CCN(C3CC3)CC2)ccc1Br. The maximum absolute atomic E-state index is 12.7. The minimum atomic E-state index is -3.64. The third-order valence-electron chi connectivity index (χ3n) is 4.14. The van der Waals surface area contributed by atoms with E-state index in [0.29, 0.717) is 23.6 Å². The van der Waals surface area contributed by atoms with Crippen molar-refractivity contribution in [3.63, 3.8) is 0 Å². The molecule has 0 amide bonds. The summed E-state index contributed by atoms with van der Waals surface area (Å²) in [4.78, 5) is 13.5. The molecule has 2 fully saturated rings. The predicted octanol–water partition coefficient (Wildman–Crippen LogP) is 1.62. The lowest BCUT2D eigenvalue weighted by molar-refractivity contribution is 0.0695. The minimum Gasteiger partial charge on any atom is -0.478 e. The first kappa shape index (κ1) is 15.9. The number of nitrogens with zero attached hydrogens (tertiary/aromatic N) is 2. The fourth-order valence-electron chi connectivity index (χ4n) is 2.73. The van der Waals surface area contributed by atoms with Gasteiger partial charge in [-0.1, -0.05) is 0 Å². The smallest absolute Gasteiger partial charge is 0.336 e. The van der Waals surface area contributed by atoms with E-state index in [1.165, 1.54) is 35.3 Å². The van der Waals surface area contributed by atoms with E-state index < -0.39 is 16.0 Å². The van der Waals surface area contributed by atoms with Crippen LogP contribution in [0.5, 0.6) is 0 Å². The lowest BCUT2D eigenvalue weighted by Gasteiger charge is -2.34. The molecule has 0 spiro atoms. The van der Waals surface area contributed by atoms with E-state index in [0.717, 1.165) is 13.1 Å². The number of halogens is 1. The fraction of sp³-hybridized carbons (Fsp3) is 0.500. The molecule has 0 unspecified atom stereocenters. The number of aromatic carboxylic acids is 1. The monoisotopic (exact) mass is 388 g/mol. The lowest BCUT2D eigenvalue weighted by Crippen LogP contribution is -2.49. The van der Waals surface area contributed by atoms with Gasteiger partial charge in [-0.05, 0) is 47.0 Å². The molecule has 1 aromatic rings. The Hall–Kier alpha value is -0.960. The Morgan fingerprint density at radius 3 is 2.36 bits per heavy atom. The Morgan fingerprint density at radius 1 is 1.18 bits per heavy atom. The van der Waals surface area contributed by atoms with E-state index in [2.05, 4.69) is 20.8 Å². The van der Waals surface area contributed by atoms with Gasteiger partial charge in [0.15, 0.2) is 0 Å². The lowest BCUT2D eigenvalue weighted by atomic mass is 10.2. The summed E-state index contributed by atoms with van der Waals surface area (Å²) in [6.07, 6.45) is 2.42. The van der Waals surface area contributed by atoms with Crippen molar-refractivity contribution >= 4 is 31.9 Å². The molecule has 1 saturated carbocycles. The van der Waals surface area contributed by atoms with Crippen LogP contribution < -0.4 is 0 Å². The first-order valence-electron chi connectivity index (χ1n) is 7.16. The van der Waals surface area contributed by atoms with Gasteiger partial charge in [-0.15, -0.1) is 0 Å². The molecule has 2 aliphatic rings. The number of carboxylic acid groups (broad SMARTS) is 1. The van der Waals surface area contributed by atoms with Crippen LogP contribution in [0, 0.1) is 0 Å². The molecule has 1 saturated heterocycles. The van der Waals surface area contributed by atoms with E-state index in [9.17, 15) is 13.2 Å². The van der Waals surface area contributed by atoms with Crippen LogP contribution in [0.4, 0.5) is 0 Å². The second kappa shape index (κ2) is 5.92. The summed E-state index contributed by atoms with van der Waals surface area (Å²) in [5, 5.41) is 9.12. The normalized spacial score (nSPS) is 21.0. The van der Waals surface area contributed by atoms with Crippen molar-refractivity contribution in [1.29, 1.82) is 0 Å². The highest BCUT2D eigenvalue weighted by Gasteiger charge is 2.35. The first-order chi connectivity index (χ1) is 10.4. The largest absolute Gasteiger partial charge is 0.478 e. The van der Waals surface area contributed by atoms with Gasteiger partial charge in [0.1, 0.15) is 0 Å². The highest BCUT2D eigenvalue weighted by atomic mass is 79.9. The van der Waals surface area contributed by atoms with Crippen molar-refractivity contribution in [3.05, 3.63) is 28.2 Å². The molecular weight excluding hydrogens is 372 g/mol. The molecule has 120 valence electrons. The molecule has 0 radical (unpaired) electrons. The van der Waals surface area contributed by atoms with Crippen molar-refractivity contribution in [2.24, 2.45) is 0 Å². The van der Waals surface area contributed by atoms with Gasteiger partial charge in [-0.2, -0.15) is 4.31 Å². The molecule has 0 bridgehead atoms. The molecule has 0 atom stereocenters. The number of rotatable bonds is 4. The molecule has 1 aliphatic heterocycles. The van der Waals surface area contributed by atoms with Crippen LogP contribution in [-0.4, -0.2) is 60.9 Å². The summed E-state index contributed by atoms with van der Waals surface area (Å²) in [5.41, 5.74) is -0.0438. The average Bonchev–Trinajstić information content (AvgIpc) is 3.32. The molecule has 6 nitrogen and oxygen atoms in total. The summed E-state index contributed by atoms with van der Waals surface area (Å²) in [6, 6.07) is 4.77. The second-order valence-electron chi connectivity index (χ2n) is 5.62. The topological polar surface area (TPSA) is 77.9 Å². The molecule has 22 heavy (non-hydrogen) atoms. The van der Waals surface area contributed by atoms with Gasteiger partial charge < -0.3 is 5.11 Å². The number of hydrogen-bond donors (Lipinski definition) is 1. The molecule has 0 aromatic heterocycles. The Labute approximate surface area is 137 Å². The van der Waals surface area contributed by atoms with Crippen molar-refractivity contribution in [2.45, 2.75) is 23.8 Å². The number of carboxylic acids is 1. The number of piperazine rings is 1. The van der Waals surface area contributed by atoms with Crippen LogP contribution in [-0.2, 0) is 10.0 Å². The van der Waals surface area contributed by atoms with E-state index >= 15 is 0 Å².